The summed E-state index contributed by atoms with van der Waals surface area (Å²) >= 11 is 0. The topological polar surface area (TPSA) is 29.3 Å². The maximum atomic E-state index is 6.28. The Kier molecular flexibility index (Phi) is 4.09. The molecule has 1 atom stereocenters. The predicted octanol–water partition coefficient (Wildman–Crippen LogP) is 3.75. The smallest absolute Gasteiger partial charge is 0.0297 e. The van der Waals surface area contributed by atoms with Crippen molar-refractivity contribution in [2.75, 3.05) is 14.1 Å². The van der Waals surface area contributed by atoms with Crippen LogP contribution in [0.25, 0.3) is 11.1 Å². The average Bonchev–Trinajstić information content (AvgIpc) is 2.47. The average molecular weight is 280 g/mol. The van der Waals surface area contributed by atoms with Crippen molar-refractivity contribution in [3.05, 3.63) is 59.2 Å². The molecular formula is C19H24N2. The number of fused-ring (bicyclic) bond motifs is 1. The fourth-order valence-corrected chi connectivity index (χ4v) is 3.23. The number of nitrogens with two attached hydrogens (primary N) is 1. The molecular weight excluding hydrogens is 256 g/mol. The standard InChI is InChI=1S/C19H24N2/c1-21(2)13-14-5-3-7-16(11-14)17-10-9-15-6-4-8-19(20)18(15)12-17/h3,5,7,9-12,19H,4,6,8,13,20H2,1-2H3. The Hall–Kier alpha value is -1.64. The molecule has 0 radical (unpaired) electrons. The van der Waals surface area contributed by atoms with Crippen LogP contribution in [0.5, 0.6) is 0 Å². The monoisotopic (exact) mass is 280 g/mol. The van der Waals surface area contributed by atoms with Gasteiger partial charge in [-0.15, -0.1) is 0 Å². The van der Waals surface area contributed by atoms with E-state index >= 15 is 0 Å². The van der Waals surface area contributed by atoms with E-state index < -0.39 is 0 Å². The van der Waals surface area contributed by atoms with Gasteiger partial charge in [-0.3, -0.25) is 0 Å². The van der Waals surface area contributed by atoms with Gasteiger partial charge < -0.3 is 10.6 Å². The molecule has 2 heteroatoms. The number of benzene rings is 2. The molecule has 0 saturated heterocycles. The summed E-state index contributed by atoms with van der Waals surface area (Å²) in [5.74, 6) is 0. The summed E-state index contributed by atoms with van der Waals surface area (Å²) in [4.78, 5) is 2.20. The SMILES string of the molecule is CN(C)Cc1cccc(-c2ccc3c(c2)C(N)CCC3)c1. The van der Waals surface area contributed by atoms with Crippen molar-refractivity contribution in [3.8, 4) is 11.1 Å². The molecule has 0 saturated carbocycles. The van der Waals surface area contributed by atoms with E-state index in [1.165, 1.54) is 40.7 Å². The van der Waals surface area contributed by atoms with Crippen molar-refractivity contribution >= 4 is 0 Å². The Morgan fingerprint density at radius 2 is 1.90 bits per heavy atom. The minimum atomic E-state index is 0.207. The number of hydrogen-bond acceptors (Lipinski definition) is 2. The van der Waals surface area contributed by atoms with Gasteiger partial charge in [0.1, 0.15) is 0 Å². The highest BCUT2D eigenvalue weighted by molar-refractivity contribution is 5.66. The molecule has 1 aliphatic carbocycles. The van der Waals surface area contributed by atoms with E-state index in [0.717, 1.165) is 13.0 Å². The van der Waals surface area contributed by atoms with Gasteiger partial charge in [-0.05, 0) is 73.3 Å². The molecule has 1 aliphatic rings. The molecule has 2 N–H and O–H groups in total. The normalized spacial score (nSPS) is 17.8. The van der Waals surface area contributed by atoms with Gasteiger partial charge in [-0.25, -0.2) is 0 Å². The Balaban J connectivity index is 1.95. The molecule has 3 rings (SSSR count). The number of rotatable bonds is 3. The molecule has 21 heavy (non-hydrogen) atoms. The second-order valence-corrected chi connectivity index (χ2v) is 6.35. The van der Waals surface area contributed by atoms with Crippen molar-refractivity contribution in [1.82, 2.24) is 4.90 Å². The number of hydrogen-bond donors (Lipinski definition) is 1. The number of nitrogens with zero attached hydrogens (tertiary/aromatic N) is 1. The van der Waals surface area contributed by atoms with Crippen LogP contribution in [0.4, 0.5) is 0 Å². The third-order valence-electron chi connectivity index (χ3n) is 4.27. The lowest BCUT2D eigenvalue weighted by atomic mass is 9.86. The van der Waals surface area contributed by atoms with Gasteiger partial charge >= 0.3 is 0 Å². The van der Waals surface area contributed by atoms with Gasteiger partial charge in [0.05, 0.1) is 0 Å². The van der Waals surface area contributed by atoms with Gasteiger partial charge in [0.15, 0.2) is 0 Å². The third kappa shape index (κ3) is 3.17. The van der Waals surface area contributed by atoms with E-state index in [1.807, 2.05) is 0 Å². The molecule has 2 aromatic rings. The highest BCUT2D eigenvalue weighted by Crippen LogP contribution is 2.32. The fourth-order valence-electron chi connectivity index (χ4n) is 3.23. The van der Waals surface area contributed by atoms with Gasteiger partial charge in [0.25, 0.3) is 0 Å². The highest BCUT2D eigenvalue weighted by atomic mass is 15.0. The fraction of sp³-hybridized carbons (Fsp3) is 0.368. The van der Waals surface area contributed by atoms with Gasteiger partial charge in [0.2, 0.25) is 0 Å². The Morgan fingerprint density at radius 3 is 2.71 bits per heavy atom. The molecule has 0 aromatic heterocycles. The van der Waals surface area contributed by atoms with Crippen molar-refractivity contribution in [3.63, 3.8) is 0 Å². The lowest BCUT2D eigenvalue weighted by molar-refractivity contribution is 0.402. The van der Waals surface area contributed by atoms with Crippen molar-refractivity contribution in [2.45, 2.75) is 31.8 Å². The number of aryl methyl sites for hydroxylation is 1. The summed E-state index contributed by atoms with van der Waals surface area (Å²) < 4.78 is 0. The molecule has 1 unspecified atom stereocenters. The summed E-state index contributed by atoms with van der Waals surface area (Å²) in [6, 6.07) is 15.8. The van der Waals surface area contributed by atoms with E-state index in [-0.39, 0.29) is 6.04 Å². The lowest BCUT2D eigenvalue weighted by Crippen LogP contribution is -2.17. The van der Waals surface area contributed by atoms with Gasteiger partial charge in [0, 0.05) is 12.6 Å². The largest absolute Gasteiger partial charge is 0.324 e. The zero-order valence-corrected chi connectivity index (χ0v) is 13.0. The molecule has 0 fully saturated rings. The van der Waals surface area contributed by atoms with Crippen LogP contribution in [-0.4, -0.2) is 19.0 Å². The first-order valence-electron chi connectivity index (χ1n) is 7.76. The zero-order valence-electron chi connectivity index (χ0n) is 13.0. The van der Waals surface area contributed by atoms with Crippen LogP contribution >= 0.6 is 0 Å². The first-order chi connectivity index (χ1) is 10.1. The van der Waals surface area contributed by atoms with Crippen molar-refractivity contribution in [2.24, 2.45) is 5.73 Å². The van der Waals surface area contributed by atoms with E-state index in [9.17, 15) is 0 Å². The van der Waals surface area contributed by atoms with Gasteiger partial charge in [-0.1, -0.05) is 30.3 Å². The van der Waals surface area contributed by atoms with Crippen LogP contribution in [0.3, 0.4) is 0 Å². The minimum Gasteiger partial charge on any atom is -0.324 e. The van der Waals surface area contributed by atoms with E-state index in [1.54, 1.807) is 0 Å². The third-order valence-corrected chi connectivity index (χ3v) is 4.27. The molecule has 0 spiro atoms. The molecule has 110 valence electrons. The van der Waals surface area contributed by atoms with Crippen LogP contribution in [0.2, 0.25) is 0 Å². The van der Waals surface area contributed by atoms with Gasteiger partial charge in [-0.2, -0.15) is 0 Å². The maximum absolute atomic E-state index is 6.28. The van der Waals surface area contributed by atoms with E-state index in [4.69, 9.17) is 5.73 Å². The van der Waals surface area contributed by atoms with Crippen LogP contribution in [0.1, 0.15) is 35.6 Å². The lowest BCUT2D eigenvalue weighted by Gasteiger charge is -2.23. The second-order valence-electron chi connectivity index (χ2n) is 6.35. The maximum Gasteiger partial charge on any atom is 0.0297 e. The summed E-state index contributed by atoms with van der Waals surface area (Å²) in [7, 11) is 4.20. The molecule has 2 aromatic carbocycles. The first kappa shape index (κ1) is 14.3. The summed E-state index contributed by atoms with van der Waals surface area (Å²) in [5.41, 5.74) is 13.0. The van der Waals surface area contributed by atoms with E-state index in [2.05, 4.69) is 61.5 Å². The molecule has 0 bridgehead atoms. The van der Waals surface area contributed by atoms with E-state index in [0.29, 0.717) is 0 Å². The minimum absolute atomic E-state index is 0.207. The van der Waals surface area contributed by atoms with Crippen LogP contribution in [-0.2, 0) is 13.0 Å². The summed E-state index contributed by atoms with van der Waals surface area (Å²) in [5, 5.41) is 0. The molecule has 2 nitrogen and oxygen atoms in total. The van der Waals surface area contributed by atoms with Crippen molar-refractivity contribution in [1.29, 1.82) is 0 Å². The molecule has 0 aliphatic heterocycles. The Bertz CT molecular complexity index is 631. The summed E-state index contributed by atoms with van der Waals surface area (Å²) in [6.45, 7) is 0.971. The molecule has 0 amide bonds. The predicted molar refractivity (Wildman–Crippen MR) is 89.1 cm³/mol. The summed E-state index contributed by atoms with van der Waals surface area (Å²) in [6.07, 6.45) is 3.49. The van der Waals surface area contributed by atoms with Crippen LogP contribution in [0.15, 0.2) is 42.5 Å². The first-order valence-corrected chi connectivity index (χ1v) is 7.76. The van der Waals surface area contributed by atoms with Crippen LogP contribution < -0.4 is 5.73 Å². The highest BCUT2D eigenvalue weighted by Gasteiger charge is 2.17. The zero-order chi connectivity index (χ0) is 14.8. The second kappa shape index (κ2) is 6.00. The van der Waals surface area contributed by atoms with Crippen molar-refractivity contribution < 1.29 is 0 Å². The Morgan fingerprint density at radius 1 is 1.10 bits per heavy atom. The quantitative estimate of drug-likeness (QED) is 0.927. The Labute approximate surface area is 127 Å². The van der Waals surface area contributed by atoms with Crippen LogP contribution in [0, 0.1) is 0 Å². The molecule has 0 heterocycles.